The van der Waals surface area contributed by atoms with Crippen LogP contribution in [0, 0.1) is 0 Å². The molecule has 22 heavy (non-hydrogen) atoms. The summed E-state index contributed by atoms with van der Waals surface area (Å²) in [5.41, 5.74) is 4.60. The smallest absolute Gasteiger partial charge is 0.0797 e. The Labute approximate surface area is 142 Å². The first-order valence-electron chi connectivity index (χ1n) is 7.98. The lowest BCUT2D eigenvalue weighted by Gasteiger charge is -2.12. The second-order valence-electron chi connectivity index (χ2n) is 5.89. The molecule has 0 amide bonds. The predicted octanol–water partition coefficient (Wildman–Crippen LogP) is 4.93. The van der Waals surface area contributed by atoms with Crippen LogP contribution in [0.5, 0.6) is 0 Å². The highest BCUT2D eigenvalue weighted by Crippen LogP contribution is 2.27. The Morgan fingerprint density at radius 1 is 1.18 bits per heavy atom. The maximum Gasteiger partial charge on any atom is 0.0797 e. The minimum atomic E-state index is 0.528. The van der Waals surface area contributed by atoms with Gasteiger partial charge in [-0.05, 0) is 24.1 Å². The number of nitrogens with one attached hydrogen (secondary N) is 1. The van der Waals surface area contributed by atoms with Crippen LogP contribution in [-0.4, -0.2) is 16.3 Å². The Kier molecular flexibility index (Phi) is 6.93. The van der Waals surface area contributed by atoms with Gasteiger partial charge in [0.2, 0.25) is 0 Å². The fourth-order valence-corrected chi connectivity index (χ4v) is 4.05. The van der Waals surface area contributed by atoms with Gasteiger partial charge in [-0.1, -0.05) is 39.8 Å². The van der Waals surface area contributed by atoms with Gasteiger partial charge in [0.05, 0.1) is 11.2 Å². The zero-order chi connectivity index (χ0) is 15.9. The Bertz CT molecular complexity index is 561. The summed E-state index contributed by atoms with van der Waals surface area (Å²) in [4.78, 5) is 7.30. The monoisotopic (exact) mass is 334 g/mol. The first-order valence-corrected chi connectivity index (χ1v) is 9.74. The summed E-state index contributed by atoms with van der Waals surface area (Å²) in [6.07, 6.45) is 2.14. The lowest BCUT2D eigenvalue weighted by atomic mass is 10.2. The molecule has 1 aromatic carbocycles. The van der Waals surface area contributed by atoms with Gasteiger partial charge in [0, 0.05) is 34.0 Å². The average molecular weight is 335 g/mol. The quantitative estimate of drug-likeness (QED) is 0.693. The van der Waals surface area contributed by atoms with Gasteiger partial charge in [0.25, 0.3) is 0 Å². The fourth-order valence-electron chi connectivity index (χ4n) is 2.30. The third-order valence-electron chi connectivity index (χ3n) is 3.50. The molecule has 0 bridgehead atoms. The van der Waals surface area contributed by atoms with Gasteiger partial charge in [-0.25, -0.2) is 4.98 Å². The van der Waals surface area contributed by atoms with Crippen LogP contribution >= 0.6 is 23.1 Å². The van der Waals surface area contributed by atoms with Crippen LogP contribution < -0.4 is 5.32 Å². The van der Waals surface area contributed by atoms with Crippen molar-refractivity contribution < 1.29 is 0 Å². The second kappa shape index (κ2) is 8.70. The maximum absolute atomic E-state index is 4.52. The van der Waals surface area contributed by atoms with Crippen LogP contribution in [-0.2, 0) is 19.4 Å². The Morgan fingerprint density at radius 3 is 2.55 bits per heavy atom. The van der Waals surface area contributed by atoms with Crippen LogP contribution in [0.15, 0.2) is 34.7 Å². The lowest BCUT2D eigenvalue weighted by Crippen LogP contribution is -2.21. The number of thiazole rings is 1. The molecule has 0 fully saturated rings. The van der Waals surface area contributed by atoms with E-state index in [1.54, 1.807) is 11.3 Å². The second-order valence-corrected chi connectivity index (χ2v) is 8.34. The normalized spacial score (nSPS) is 12.8. The van der Waals surface area contributed by atoms with Crippen molar-refractivity contribution in [2.75, 3.05) is 0 Å². The van der Waals surface area contributed by atoms with Gasteiger partial charge in [-0.3, -0.25) is 0 Å². The fraction of sp³-hybridized carbons (Fsp3) is 0.500. The molecule has 0 aliphatic rings. The molecule has 2 nitrogen and oxygen atoms in total. The molecular weight excluding hydrogens is 308 g/mol. The van der Waals surface area contributed by atoms with E-state index in [-0.39, 0.29) is 0 Å². The standard InChI is InChI=1S/C18H26N2S2/c1-5-18-17(20-12-21-18)10-14(4)22-16-8-6-15(7-9-16)11-19-13(2)3/h6-9,12-14,19H,5,10-11H2,1-4H3. The average Bonchev–Trinajstić information content (AvgIpc) is 2.93. The molecule has 0 aliphatic carbocycles. The van der Waals surface area contributed by atoms with Crippen LogP contribution in [0.1, 0.15) is 43.8 Å². The van der Waals surface area contributed by atoms with Gasteiger partial charge < -0.3 is 5.32 Å². The van der Waals surface area contributed by atoms with E-state index < -0.39 is 0 Å². The summed E-state index contributed by atoms with van der Waals surface area (Å²) in [5, 5.41) is 4.00. The molecule has 0 saturated carbocycles. The van der Waals surface area contributed by atoms with Crippen molar-refractivity contribution in [3.05, 3.63) is 45.9 Å². The molecule has 1 heterocycles. The Balaban J connectivity index is 1.87. The molecule has 1 aromatic heterocycles. The van der Waals surface area contributed by atoms with Gasteiger partial charge in [-0.15, -0.1) is 23.1 Å². The van der Waals surface area contributed by atoms with E-state index in [1.165, 1.54) is 21.0 Å². The number of thioether (sulfide) groups is 1. The van der Waals surface area contributed by atoms with Crippen LogP contribution in [0.4, 0.5) is 0 Å². The van der Waals surface area contributed by atoms with E-state index >= 15 is 0 Å². The molecule has 120 valence electrons. The van der Waals surface area contributed by atoms with Gasteiger partial charge in [0.15, 0.2) is 0 Å². The molecule has 2 aromatic rings. The first kappa shape index (κ1) is 17.5. The van der Waals surface area contributed by atoms with Crippen LogP contribution in [0.3, 0.4) is 0 Å². The van der Waals surface area contributed by atoms with Crippen molar-refractivity contribution in [1.82, 2.24) is 10.3 Å². The highest BCUT2D eigenvalue weighted by molar-refractivity contribution is 7.99. The summed E-state index contributed by atoms with van der Waals surface area (Å²) in [6.45, 7) is 9.79. The van der Waals surface area contributed by atoms with Gasteiger partial charge in [-0.2, -0.15) is 0 Å². The largest absolute Gasteiger partial charge is 0.310 e. The number of nitrogens with zero attached hydrogens (tertiary/aromatic N) is 1. The summed E-state index contributed by atoms with van der Waals surface area (Å²) in [7, 11) is 0. The molecule has 0 aliphatic heterocycles. The van der Waals surface area contributed by atoms with Crippen molar-refractivity contribution in [2.24, 2.45) is 0 Å². The van der Waals surface area contributed by atoms with Crippen molar-refractivity contribution in [1.29, 1.82) is 0 Å². The van der Waals surface area contributed by atoms with E-state index in [0.29, 0.717) is 11.3 Å². The predicted molar refractivity (Wildman–Crippen MR) is 98.9 cm³/mol. The number of rotatable bonds is 8. The SMILES string of the molecule is CCc1scnc1CC(C)Sc1ccc(CNC(C)C)cc1. The summed E-state index contributed by atoms with van der Waals surface area (Å²) in [5.74, 6) is 0. The van der Waals surface area contributed by atoms with Crippen molar-refractivity contribution in [3.63, 3.8) is 0 Å². The molecule has 4 heteroatoms. The zero-order valence-electron chi connectivity index (χ0n) is 13.9. The minimum absolute atomic E-state index is 0.528. The molecular formula is C18H26N2S2. The number of aromatic nitrogens is 1. The number of hydrogen-bond acceptors (Lipinski definition) is 4. The highest BCUT2D eigenvalue weighted by Gasteiger charge is 2.11. The molecule has 1 atom stereocenters. The van der Waals surface area contributed by atoms with E-state index in [9.17, 15) is 0 Å². The number of hydrogen-bond donors (Lipinski definition) is 1. The molecule has 1 unspecified atom stereocenters. The third-order valence-corrected chi connectivity index (χ3v) is 5.64. The zero-order valence-corrected chi connectivity index (χ0v) is 15.6. The molecule has 1 N–H and O–H groups in total. The summed E-state index contributed by atoms with van der Waals surface area (Å²) in [6, 6.07) is 9.45. The van der Waals surface area contributed by atoms with E-state index in [2.05, 4.69) is 62.3 Å². The summed E-state index contributed by atoms with van der Waals surface area (Å²) < 4.78 is 0. The van der Waals surface area contributed by atoms with Crippen molar-refractivity contribution in [2.45, 2.75) is 63.3 Å². The number of aryl methyl sites for hydroxylation is 1. The van der Waals surface area contributed by atoms with Crippen molar-refractivity contribution in [3.8, 4) is 0 Å². The highest BCUT2D eigenvalue weighted by atomic mass is 32.2. The topological polar surface area (TPSA) is 24.9 Å². The molecule has 0 spiro atoms. The van der Waals surface area contributed by atoms with Gasteiger partial charge >= 0.3 is 0 Å². The first-order chi connectivity index (χ1) is 10.6. The summed E-state index contributed by atoms with van der Waals surface area (Å²) >= 11 is 3.72. The third kappa shape index (κ3) is 5.41. The van der Waals surface area contributed by atoms with E-state index in [0.717, 1.165) is 19.4 Å². The van der Waals surface area contributed by atoms with Crippen molar-refractivity contribution >= 4 is 23.1 Å². The number of benzene rings is 1. The maximum atomic E-state index is 4.52. The minimum Gasteiger partial charge on any atom is -0.310 e. The molecule has 0 radical (unpaired) electrons. The molecule has 0 saturated heterocycles. The van der Waals surface area contributed by atoms with E-state index in [1.807, 2.05) is 17.3 Å². The van der Waals surface area contributed by atoms with Crippen LogP contribution in [0.2, 0.25) is 0 Å². The lowest BCUT2D eigenvalue weighted by molar-refractivity contribution is 0.588. The van der Waals surface area contributed by atoms with E-state index in [4.69, 9.17) is 0 Å². The Morgan fingerprint density at radius 2 is 1.91 bits per heavy atom. The van der Waals surface area contributed by atoms with Gasteiger partial charge in [0.1, 0.15) is 0 Å². The molecule has 2 rings (SSSR count). The van der Waals surface area contributed by atoms with Crippen LogP contribution in [0.25, 0.3) is 0 Å². The Hall–Kier alpha value is -0.840.